The van der Waals surface area contributed by atoms with Gasteiger partial charge in [0.25, 0.3) is 0 Å². The Kier molecular flexibility index (Phi) is 10.7. The van der Waals surface area contributed by atoms with Crippen LogP contribution in [0, 0.1) is 13.8 Å². The Balaban J connectivity index is 3.62. The van der Waals surface area contributed by atoms with Crippen LogP contribution in [-0.4, -0.2) is 52.4 Å². The first-order valence-electron chi connectivity index (χ1n) is 12.1. The van der Waals surface area contributed by atoms with E-state index in [4.69, 9.17) is 10.5 Å². The van der Waals surface area contributed by atoms with Crippen LogP contribution in [0.3, 0.4) is 0 Å². The van der Waals surface area contributed by atoms with Crippen LogP contribution < -0.4 is 16.4 Å². The van der Waals surface area contributed by atoms with E-state index in [2.05, 4.69) is 10.6 Å². The number of nitrogens with zero attached hydrogens (tertiary/aromatic N) is 1. The summed E-state index contributed by atoms with van der Waals surface area (Å²) in [6.45, 7) is 16.3. The summed E-state index contributed by atoms with van der Waals surface area (Å²) < 4.78 is 5.29. The van der Waals surface area contributed by atoms with Gasteiger partial charge in [-0.1, -0.05) is 25.1 Å². The summed E-state index contributed by atoms with van der Waals surface area (Å²) >= 11 is 0. The fraction of sp³-hybridized carbons (Fsp3) is 0.615. The molecule has 1 aromatic carbocycles. The van der Waals surface area contributed by atoms with Gasteiger partial charge in [0.05, 0.1) is 6.42 Å². The summed E-state index contributed by atoms with van der Waals surface area (Å²) in [6.07, 6.45) is -0.746. The van der Waals surface area contributed by atoms with Gasteiger partial charge in [-0.05, 0) is 78.5 Å². The maximum Gasteiger partial charge on any atom is 0.408 e. The second-order valence-corrected chi connectivity index (χ2v) is 10.2. The predicted octanol–water partition coefficient (Wildman–Crippen LogP) is 3.26. The summed E-state index contributed by atoms with van der Waals surface area (Å²) in [7, 11) is 0. The molecule has 196 valence electrons. The lowest BCUT2D eigenvalue weighted by Crippen LogP contribution is -2.56. The molecule has 0 bridgehead atoms. The zero-order valence-electron chi connectivity index (χ0n) is 22.5. The summed E-state index contributed by atoms with van der Waals surface area (Å²) in [5.74, 6) is -1.70. The second-order valence-electron chi connectivity index (χ2n) is 10.2. The van der Waals surface area contributed by atoms with Gasteiger partial charge in [0, 0.05) is 12.1 Å². The van der Waals surface area contributed by atoms with Crippen molar-refractivity contribution in [3.05, 3.63) is 34.9 Å². The highest BCUT2D eigenvalue weighted by molar-refractivity contribution is 5.95. The standard InChI is InChI=1S/C26H42N4O5/c1-10-17(5)30(24(33)20(14-21(27)31)29-25(34)35-26(7,8)9)22(23(32)28-15(2)3)19-13-11-12-16(4)18(19)6/h11-13,15,17,20,22H,10,14H2,1-9H3,(H2,27,31)(H,28,32)(H,29,34). The minimum atomic E-state index is -1.30. The SMILES string of the molecule is CCC(C)N(C(=O)C(CC(N)=O)NC(=O)OC(C)(C)C)C(C(=O)NC(C)C)c1cccc(C)c1C. The third-order valence-electron chi connectivity index (χ3n) is 5.61. The highest BCUT2D eigenvalue weighted by Crippen LogP contribution is 2.30. The number of carbonyl (C=O) groups excluding carboxylic acids is 4. The van der Waals surface area contributed by atoms with Gasteiger partial charge in [-0.25, -0.2) is 4.79 Å². The molecule has 0 aliphatic heterocycles. The number of ether oxygens (including phenoxy) is 1. The molecule has 35 heavy (non-hydrogen) atoms. The topological polar surface area (TPSA) is 131 Å². The van der Waals surface area contributed by atoms with Crippen molar-refractivity contribution < 1.29 is 23.9 Å². The molecule has 4 amide bonds. The maximum absolute atomic E-state index is 13.9. The first kappa shape index (κ1) is 29.9. The smallest absolute Gasteiger partial charge is 0.408 e. The zero-order valence-corrected chi connectivity index (χ0v) is 22.5. The van der Waals surface area contributed by atoms with Crippen LogP contribution in [0.1, 0.15) is 84.0 Å². The van der Waals surface area contributed by atoms with Gasteiger partial charge < -0.3 is 26.0 Å². The molecule has 0 heterocycles. The van der Waals surface area contributed by atoms with E-state index in [9.17, 15) is 19.2 Å². The Morgan fingerprint density at radius 1 is 1.06 bits per heavy atom. The minimum Gasteiger partial charge on any atom is -0.444 e. The van der Waals surface area contributed by atoms with Gasteiger partial charge in [0.1, 0.15) is 17.7 Å². The van der Waals surface area contributed by atoms with Gasteiger partial charge in [0.15, 0.2) is 0 Å². The van der Waals surface area contributed by atoms with Crippen molar-refractivity contribution >= 4 is 23.8 Å². The minimum absolute atomic E-state index is 0.162. The lowest BCUT2D eigenvalue weighted by Gasteiger charge is -2.39. The number of hydrogen-bond acceptors (Lipinski definition) is 5. The fourth-order valence-electron chi connectivity index (χ4n) is 3.68. The number of rotatable bonds is 10. The van der Waals surface area contributed by atoms with E-state index in [1.165, 1.54) is 4.90 Å². The molecule has 9 heteroatoms. The zero-order chi connectivity index (χ0) is 27.1. The number of alkyl carbamates (subject to hydrolysis) is 1. The van der Waals surface area contributed by atoms with Gasteiger partial charge in [-0.3, -0.25) is 14.4 Å². The van der Waals surface area contributed by atoms with Crippen molar-refractivity contribution in [3.8, 4) is 0 Å². The first-order chi connectivity index (χ1) is 16.1. The number of hydrogen-bond donors (Lipinski definition) is 3. The number of aryl methyl sites for hydroxylation is 1. The monoisotopic (exact) mass is 490 g/mol. The Morgan fingerprint density at radius 2 is 1.66 bits per heavy atom. The summed E-state index contributed by atoms with van der Waals surface area (Å²) in [6, 6.07) is 2.77. The van der Waals surface area contributed by atoms with Crippen LogP contribution >= 0.6 is 0 Å². The van der Waals surface area contributed by atoms with Crippen molar-refractivity contribution in [1.29, 1.82) is 0 Å². The molecule has 4 N–H and O–H groups in total. The van der Waals surface area contributed by atoms with E-state index in [0.29, 0.717) is 12.0 Å². The average molecular weight is 491 g/mol. The van der Waals surface area contributed by atoms with Crippen LogP contribution in [0.4, 0.5) is 4.79 Å². The second kappa shape index (κ2) is 12.6. The summed E-state index contributed by atoms with van der Waals surface area (Å²) in [5, 5.41) is 5.41. The highest BCUT2D eigenvalue weighted by Gasteiger charge is 2.39. The van der Waals surface area contributed by atoms with Gasteiger partial charge in [0.2, 0.25) is 17.7 Å². The van der Waals surface area contributed by atoms with E-state index in [1.54, 1.807) is 20.8 Å². The van der Waals surface area contributed by atoms with Crippen molar-refractivity contribution in [2.45, 2.75) is 105 Å². The van der Waals surface area contributed by atoms with E-state index in [0.717, 1.165) is 11.1 Å². The van der Waals surface area contributed by atoms with Crippen molar-refractivity contribution in [3.63, 3.8) is 0 Å². The molecule has 0 radical (unpaired) electrons. The molecular formula is C26H42N4O5. The van der Waals surface area contributed by atoms with Crippen LogP contribution in [0.5, 0.6) is 0 Å². The normalized spacial score (nSPS) is 14.0. The molecule has 0 fully saturated rings. The highest BCUT2D eigenvalue weighted by atomic mass is 16.6. The lowest BCUT2D eigenvalue weighted by atomic mass is 9.93. The fourth-order valence-corrected chi connectivity index (χ4v) is 3.68. The Bertz CT molecular complexity index is 923. The average Bonchev–Trinajstić information content (AvgIpc) is 2.70. The van der Waals surface area contributed by atoms with Crippen molar-refractivity contribution in [2.24, 2.45) is 5.73 Å². The van der Waals surface area contributed by atoms with Crippen LogP contribution in [0.25, 0.3) is 0 Å². The summed E-state index contributed by atoms with van der Waals surface area (Å²) in [5.41, 5.74) is 7.14. The Labute approximate surface area is 209 Å². The molecule has 1 rings (SSSR count). The first-order valence-corrected chi connectivity index (χ1v) is 12.1. The molecule has 0 saturated heterocycles. The number of carbonyl (C=O) groups is 4. The van der Waals surface area contributed by atoms with E-state index < -0.39 is 42.0 Å². The number of primary amides is 1. The van der Waals surface area contributed by atoms with Crippen LogP contribution in [0.2, 0.25) is 0 Å². The quantitative estimate of drug-likeness (QED) is 0.463. The largest absolute Gasteiger partial charge is 0.444 e. The molecular weight excluding hydrogens is 448 g/mol. The molecule has 3 unspecified atom stereocenters. The van der Waals surface area contributed by atoms with E-state index in [-0.39, 0.29) is 18.0 Å². The molecule has 0 spiro atoms. The molecule has 1 aromatic rings. The molecule has 0 aromatic heterocycles. The van der Waals surface area contributed by atoms with Crippen molar-refractivity contribution in [1.82, 2.24) is 15.5 Å². The third-order valence-corrected chi connectivity index (χ3v) is 5.61. The third kappa shape index (κ3) is 8.88. The van der Waals surface area contributed by atoms with Gasteiger partial charge in [-0.15, -0.1) is 0 Å². The van der Waals surface area contributed by atoms with Gasteiger partial charge >= 0.3 is 6.09 Å². The van der Waals surface area contributed by atoms with Gasteiger partial charge in [-0.2, -0.15) is 0 Å². The molecule has 3 atom stereocenters. The number of benzene rings is 1. The van der Waals surface area contributed by atoms with E-state index in [1.807, 2.05) is 59.7 Å². The molecule has 0 saturated carbocycles. The molecule has 0 aliphatic rings. The van der Waals surface area contributed by atoms with Crippen molar-refractivity contribution in [2.75, 3.05) is 0 Å². The number of amides is 4. The Hall–Kier alpha value is -3.10. The number of nitrogens with one attached hydrogen (secondary N) is 2. The summed E-state index contributed by atoms with van der Waals surface area (Å²) in [4.78, 5) is 53.3. The number of nitrogens with two attached hydrogens (primary N) is 1. The molecule has 0 aliphatic carbocycles. The lowest BCUT2D eigenvalue weighted by molar-refractivity contribution is -0.146. The maximum atomic E-state index is 13.9. The predicted molar refractivity (Wildman–Crippen MR) is 136 cm³/mol. The van der Waals surface area contributed by atoms with E-state index >= 15 is 0 Å². The Morgan fingerprint density at radius 3 is 2.14 bits per heavy atom. The molecule has 9 nitrogen and oxygen atoms in total. The van der Waals surface area contributed by atoms with Crippen LogP contribution in [0.15, 0.2) is 18.2 Å². The van der Waals surface area contributed by atoms with Crippen LogP contribution in [-0.2, 0) is 19.1 Å².